The number of methoxy groups -OCH3 is 1. The van der Waals surface area contributed by atoms with Crippen molar-refractivity contribution in [3.05, 3.63) is 57.6 Å². The lowest BCUT2D eigenvalue weighted by Crippen LogP contribution is -2.12. The zero-order valence-corrected chi connectivity index (χ0v) is 14.1. The molecule has 2 rings (SSSR count). The molecule has 0 saturated carbocycles. The Bertz CT molecular complexity index is 605. The van der Waals surface area contributed by atoms with Crippen LogP contribution < -0.4 is 10.1 Å². The van der Waals surface area contributed by atoms with Gasteiger partial charge in [-0.15, -0.1) is 0 Å². The van der Waals surface area contributed by atoms with Crippen LogP contribution in [-0.2, 0) is 0 Å². The molecule has 0 radical (unpaired) electrons. The Morgan fingerprint density at radius 3 is 2.48 bits per heavy atom. The van der Waals surface area contributed by atoms with Gasteiger partial charge in [-0.1, -0.05) is 28.1 Å². The smallest absolute Gasteiger partial charge is 0.119 e. The largest absolute Gasteiger partial charge is 0.497 e. The van der Waals surface area contributed by atoms with Crippen LogP contribution in [0.5, 0.6) is 5.75 Å². The summed E-state index contributed by atoms with van der Waals surface area (Å²) in [7, 11) is 1.62. The number of rotatable bonds is 5. The van der Waals surface area contributed by atoms with Crippen molar-refractivity contribution in [2.75, 3.05) is 19.0 Å². The molecule has 112 valence electrons. The van der Waals surface area contributed by atoms with Gasteiger partial charge in [-0.25, -0.2) is 0 Å². The maximum absolute atomic E-state index is 10.3. The summed E-state index contributed by atoms with van der Waals surface area (Å²) in [5.41, 5.74) is 4.20. The first-order chi connectivity index (χ1) is 10.0. The van der Waals surface area contributed by atoms with Crippen molar-refractivity contribution in [3.63, 3.8) is 0 Å². The molecular formula is C17H20BrNO2. The topological polar surface area (TPSA) is 41.5 Å². The third-order valence-corrected chi connectivity index (χ3v) is 4.67. The summed E-state index contributed by atoms with van der Waals surface area (Å²) in [6.07, 6.45) is -0.579. The van der Waals surface area contributed by atoms with Gasteiger partial charge in [0.25, 0.3) is 0 Å². The normalized spacial score (nSPS) is 12.0. The van der Waals surface area contributed by atoms with Gasteiger partial charge in [-0.3, -0.25) is 0 Å². The van der Waals surface area contributed by atoms with E-state index >= 15 is 0 Å². The van der Waals surface area contributed by atoms with Crippen molar-refractivity contribution >= 4 is 21.6 Å². The molecule has 3 nitrogen and oxygen atoms in total. The zero-order chi connectivity index (χ0) is 15.4. The predicted molar refractivity (Wildman–Crippen MR) is 90.1 cm³/mol. The number of aliphatic hydroxyl groups is 1. The van der Waals surface area contributed by atoms with E-state index < -0.39 is 6.10 Å². The average Bonchev–Trinajstić information content (AvgIpc) is 2.50. The van der Waals surface area contributed by atoms with Crippen molar-refractivity contribution in [2.45, 2.75) is 20.0 Å². The molecule has 1 atom stereocenters. The second-order valence-electron chi connectivity index (χ2n) is 5.10. The van der Waals surface area contributed by atoms with Gasteiger partial charge in [0, 0.05) is 16.7 Å². The predicted octanol–water partition coefficient (Wildman–Crippen LogP) is 4.22. The number of hydrogen-bond acceptors (Lipinski definition) is 3. The van der Waals surface area contributed by atoms with Gasteiger partial charge in [-0.05, 0) is 54.8 Å². The molecule has 21 heavy (non-hydrogen) atoms. The molecule has 2 aromatic carbocycles. The molecule has 0 aliphatic heterocycles. The summed E-state index contributed by atoms with van der Waals surface area (Å²) in [5, 5.41) is 13.5. The molecule has 0 heterocycles. The van der Waals surface area contributed by atoms with Crippen molar-refractivity contribution in [2.24, 2.45) is 0 Å². The fourth-order valence-corrected chi connectivity index (χ4v) is 2.46. The van der Waals surface area contributed by atoms with Crippen LogP contribution in [0, 0.1) is 13.8 Å². The average molecular weight is 350 g/mol. The van der Waals surface area contributed by atoms with E-state index in [4.69, 9.17) is 4.74 Å². The molecule has 1 unspecified atom stereocenters. The third-order valence-electron chi connectivity index (χ3n) is 3.41. The van der Waals surface area contributed by atoms with E-state index in [1.807, 2.05) is 24.3 Å². The Kier molecular flexibility index (Phi) is 5.26. The standard InChI is InChI=1S/C17H20BrNO2/c1-11-7-14(8-12(2)17(11)18)19-10-16(20)13-5-4-6-15(9-13)21-3/h4-9,16,19-20H,10H2,1-3H3. The van der Waals surface area contributed by atoms with Gasteiger partial charge >= 0.3 is 0 Å². The number of benzene rings is 2. The molecule has 0 fully saturated rings. The summed E-state index contributed by atoms with van der Waals surface area (Å²) < 4.78 is 6.30. The summed E-state index contributed by atoms with van der Waals surface area (Å²) in [6.45, 7) is 4.56. The first-order valence-electron chi connectivity index (χ1n) is 6.84. The van der Waals surface area contributed by atoms with E-state index in [1.165, 1.54) is 11.1 Å². The fraction of sp³-hybridized carbons (Fsp3) is 0.294. The summed E-state index contributed by atoms with van der Waals surface area (Å²) >= 11 is 3.55. The number of hydrogen-bond donors (Lipinski definition) is 2. The zero-order valence-electron chi connectivity index (χ0n) is 12.5. The number of anilines is 1. The lowest BCUT2D eigenvalue weighted by Gasteiger charge is -2.15. The van der Waals surface area contributed by atoms with Crippen molar-refractivity contribution < 1.29 is 9.84 Å². The molecule has 2 N–H and O–H groups in total. The van der Waals surface area contributed by atoms with Gasteiger partial charge in [0.2, 0.25) is 0 Å². The molecule has 2 aromatic rings. The minimum absolute atomic E-state index is 0.452. The lowest BCUT2D eigenvalue weighted by atomic mass is 10.1. The van der Waals surface area contributed by atoms with Crippen molar-refractivity contribution in [1.29, 1.82) is 0 Å². The number of nitrogens with one attached hydrogen (secondary N) is 1. The molecule has 0 aromatic heterocycles. The molecule has 0 amide bonds. The Labute approximate surface area is 134 Å². The minimum atomic E-state index is -0.579. The Balaban J connectivity index is 2.05. The summed E-state index contributed by atoms with van der Waals surface area (Å²) in [6, 6.07) is 11.6. The van der Waals surface area contributed by atoms with Crippen LogP contribution in [0.4, 0.5) is 5.69 Å². The summed E-state index contributed by atoms with van der Waals surface area (Å²) in [4.78, 5) is 0. The van der Waals surface area contributed by atoms with Gasteiger partial charge < -0.3 is 15.2 Å². The first-order valence-corrected chi connectivity index (χ1v) is 7.63. The quantitative estimate of drug-likeness (QED) is 0.848. The maximum atomic E-state index is 10.3. The van der Waals surface area contributed by atoms with Crippen LogP contribution >= 0.6 is 15.9 Å². The molecule has 0 saturated heterocycles. The highest BCUT2D eigenvalue weighted by molar-refractivity contribution is 9.10. The Hall–Kier alpha value is -1.52. The van der Waals surface area contributed by atoms with E-state index in [1.54, 1.807) is 7.11 Å². The highest BCUT2D eigenvalue weighted by Crippen LogP contribution is 2.26. The van der Waals surface area contributed by atoms with Crippen molar-refractivity contribution in [1.82, 2.24) is 0 Å². The van der Waals surface area contributed by atoms with E-state index in [2.05, 4.69) is 47.2 Å². The van der Waals surface area contributed by atoms with Crippen molar-refractivity contribution in [3.8, 4) is 5.75 Å². The van der Waals surface area contributed by atoms with Gasteiger partial charge in [0.1, 0.15) is 5.75 Å². The molecular weight excluding hydrogens is 330 g/mol. The van der Waals surface area contributed by atoms with E-state index in [0.29, 0.717) is 6.54 Å². The minimum Gasteiger partial charge on any atom is -0.497 e. The van der Waals surface area contributed by atoms with E-state index in [-0.39, 0.29) is 0 Å². The Morgan fingerprint density at radius 1 is 1.19 bits per heavy atom. The van der Waals surface area contributed by atoms with Gasteiger partial charge in [-0.2, -0.15) is 0 Å². The van der Waals surface area contributed by atoms with Crippen LogP contribution in [0.2, 0.25) is 0 Å². The molecule has 4 heteroatoms. The monoisotopic (exact) mass is 349 g/mol. The van der Waals surface area contributed by atoms with Crippen LogP contribution in [0.15, 0.2) is 40.9 Å². The SMILES string of the molecule is COc1cccc(C(O)CNc2cc(C)c(Br)c(C)c2)c1. The lowest BCUT2D eigenvalue weighted by molar-refractivity contribution is 0.191. The molecule has 0 bridgehead atoms. The van der Waals surface area contributed by atoms with Crippen LogP contribution in [0.25, 0.3) is 0 Å². The van der Waals surface area contributed by atoms with Gasteiger partial charge in [0.15, 0.2) is 0 Å². The molecule has 0 aliphatic rings. The second kappa shape index (κ2) is 6.96. The van der Waals surface area contributed by atoms with E-state index in [9.17, 15) is 5.11 Å². The fourth-order valence-electron chi connectivity index (χ4n) is 2.23. The molecule has 0 spiro atoms. The number of halogens is 1. The first kappa shape index (κ1) is 15.9. The van der Waals surface area contributed by atoms with Crippen LogP contribution in [0.1, 0.15) is 22.8 Å². The maximum Gasteiger partial charge on any atom is 0.119 e. The van der Waals surface area contributed by atoms with Gasteiger partial charge in [0.05, 0.1) is 13.2 Å². The number of ether oxygens (including phenoxy) is 1. The molecule has 0 aliphatic carbocycles. The highest BCUT2D eigenvalue weighted by Gasteiger charge is 2.09. The Morgan fingerprint density at radius 2 is 1.86 bits per heavy atom. The second-order valence-corrected chi connectivity index (χ2v) is 5.89. The van der Waals surface area contributed by atoms with E-state index in [0.717, 1.165) is 21.5 Å². The van der Waals surface area contributed by atoms with Crippen LogP contribution in [-0.4, -0.2) is 18.8 Å². The third kappa shape index (κ3) is 3.99. The number of aliphatic hydroxyl groups excluding tert-OH is 1. The highest BCUT2D eigenvalue weighted by atomic mass is 79.9. The van der Waals surface area contributed by atoms with Crippen LogP contribution in [0.3, 0.4) is 0 Å². The number of aryl methyl sites for hydroxylation is 2. The summed E-state index contributed by atoms with van der Waals surface area (Å²) in [5.74, 6) is 0.752.